The van der Waals surface area contributed by atoms with E-state index in [0.717, 1.165) is 15.7 Å². The molecule has 0 amide bonds. The molecular formula is C6H6BrClN2. The van der Waals surface area contributed by atoms with Crippen molar-refractivity contribution in [2.45, 2.75) is 13.8 Å². The highest BCUT2D eigenvalue weighted by Crippen LogP contribution is 2.23. The van der Waals surface area contributed by atoms with Gasteiger partial charge in [0.15, 0.2) is 5.15 Å². The molecule has 0 spiro atoms. The first kappa shape index (κ1) is 7.95. The number of nitrogens with zero attached hydrogens (tertiary/aromatic N) is 2. The molecule has 10 heavy (non-hydrogen) atoms. The number of halogens is 2. The average Bonchev–Trinajstić information content (AvgIpc) is 1.93. The molecule has 0 aromatic carbocycles. The molecule has 0 aliphatic rings. The molecule has 0 fully saturated rings. The summed E-state index contributed by atoms with van der Waals surface area (Å²) in [7, 11) is 0. The predicted octanol–water partition coefficient (Wildman–Crippen LogP) is 2.51. The second-order valence-electron chi connectivity index (χ2n) is 2.02. The highest BCUT2D eigenvalue weighted by atomic mass is 79.9. The summed E-state index contributed by atoms with van der Waals surface area (Å²) in [6.45, 7) is 3.84. The van der Waals surface area contributed by atoms with Crippen molar-refractivity contribution in [3.8, 4) is 0 Å². The maximum absolute atomic E-state index is 5.67. The molecule has 2 nitrogen and oxygen atoms in total. The Bertz CT molecular complexity index is 235. The molecule has 0 aliphatic heterocycles. The van der Waals surface area contributed by atoms with Crippen molar-refractivity contribution in [1.29, 1.82) is 0 Å². The molecule has 0 bridgehead atoms. The fourth-order valence-corrected chi connectivity index (χ4v) is 1.10. The van der Waals surface area contributed by atoms with E-state index in [1.165, 1.54) is 0 Å². The lowest BCUT2D eigenvalue weighted by Gasteiger charge is -2.00. The molecule has 0 saturated heterocycles. The second-order valence-corrected chi connectivity index (χ2v) is 3.17. The predicted molar refractivity (Wildman–Crippen MR) is 44.2 cm³/mol. The molecule has 54 valence electrons. The Balaban J connectivity index is 3.34. The van der Waals surface area contributed by atoms with Crippen molar-refractivity contribution in [2.24, 2.45) is 0 Å². The van der Waals surface area contributed by atoms with Gasteiger partial charge in [0.05, 0.1) is 10.2 Å². The molecule has 4 heteroatoms. The molecule has 0 aliphatic carbocycles. The van der Waals surface area contributed by atoms with E-state index in [2.05, 4.69) is 26.1 Å². The second kappa shape index (κ2) is 2.84. The smallest absolute Gasteiger partial charge is 0.154 e. The van der Waals surface area contributed by atoms with Crippen LogP contribution in [0, 0.1) is 13.8 Å². The Morgan fingerprint density at radius 3 is 2.40 bits per heavy atom. The first-order valence-corrected chi connectivity index (χ1v) is 3.95. The largest absolute Gasteiger partial charge is 0.166 e. The Labute approximate surface area is 72.7 Å². The van der Waals surface area contributed by atoms with E-state index in [-0.39, 0.29) is 0 Å². The normalized spacial score (nSPS) is 10.0. The van der Waals surface area contributed by atoms with Crippen LogP contribution in [0.15, 0.2) is 4.47 Å². The lowest BCUT2D eigenvalue weighted by molar-refractivity contribution is 0.953. The summed E-state index contributed by atoms with van der Waals surface area (Å²) >= 11 is 8.96. The SMILES string of the molecule is Cc1nnc(Cl)c(Br)c1C. The van der Waals surface area contributed by atoms with Crippen LogP contribution in [0.25, 0.3) is 0 Å². The minimum atomic E-state index is 0.420. The summed E-state index contributed by atoms with van der Waals surface area (Å²) in [5.74, 6) is 0. The van der Waals surface area contributed by atoms with Crippen LogP contribution >= 0.6 is 27.5 Å². The maximum Gasteiger partial charge on any atom is 0.166 e. The van der Waals surface area contributed by atoms with E-state index in [1.807, 2.05) is 13.8 Å². The van der Waals surface area contributed by atoms with Crippen LogP contribution in [0.4, 0.5) is 0 Å². The third-order valence-electron chi connectivity index (χ3n) is 1.34. The summed E-state index contributed by atoms with van der Waals surface area (Å²) in [6, 6.07) is 0. The molecule has 1 heterocycles. The van der Waals surface area contributed by atoms with Gasteiger partial charge < -0.3 is 0 Å². The average molecular weight is 221 g/mol. The van der Waals surface area contributed by atoms with Crippen LogP contribution in [0.5, 0.6) is 0 Å². The quantitative estimate of drug-likeness (QED) is 0.673. The van der Waals surface area contributed by atoms with Gasteiger partial charge in [-0.1, -0.05) is 11.6 Å². The molecule has 1 rings (SSSR count). The molecule has 0 atom stereocenters. The Hall–Kier alpha value is -0.150. The van der Waals surface area contributed by atoms with Gasteiger partial charge in [0.2, 0.25) is 0 Å². The highest BCUT2D eigenvalue weighted by Gasteiger charge is 2.04. The van der Waals surface area contributed by atoms with Crippen LogP contribution in [-0.4, -0.2) is 10.2 Å². The summed E-state index contributed by atoms with van der Waals surface area (Å²) in [5, 5.41) is 7.95. The van der Waals surface area contributed by atoms with Crippen LogP contribution in [0.2, 0.25) is 5.15 Å². The Morgan fingerprint density at radius 2 is 1.90 bits per heavy atom. The third kappa shape index (κ3) is 1.30. The van der Waals surface area contributed by atoms with Gasteiger partial charge in [0.1, 0.15) is 0 Å². The Kier molecular flexibility index (Phi) is 2.26. The molecule has 0 radical (unpaired) electrons. The maximum atomic E-state index is 5.67. The first-order chi connectivity index (χ1) is 4.63. The van der Waals surface area contributed by atoms with Crippen LogP contribution in [-0.2, 0) is 0 Å². The molecule has 0 N–H and O–H groups in total. The van der Waals surface area contributed by atoms with Crippen LogP contribution in [0.3, 0.4) is 0 Å². The minimum Gasteiger partial charge on any atom is -0.154 e. The van der Waals surface area contributed by atoms with Crippen molar-refractivity contribution in [2.75, 3.05) is 0 Å². The van der Waals surface area contributed by atoms with Gasteiger partial charge in [-0.3, -0.25) is 0 Å². The summed E-state index contributed by atoms with van der Waals surface area (Å²) < 4.78 is 0.835. The zero-order chi connectivity index (χ0) is 7.72. The van der Waals surface area contributed by atoms with Crippen molar-refractivity contribution >= 4 is 27.5 Å². The summed E-state index contributed by atoms with van der Waals surface area (Å²) in [5.41, 5.74) is 1.94. The topological polar surface area (TPSA) is 25.8 Å². The van der Waals surface area contributed by atoms with E-state index in [4.69, 9.17) is 11.6 Å². The lowest BCUT2D eigenvalue weighted by Crippen LogP contribution is -1.92. The van der Waals surface area contributed by atoms with Gasteiger partial charge in [0.25, 0.3) is 0 Å². The van der Waals surface area contributed by atoms with Gasteiger partial charge in [-0.05, 0) is 35.3 Å². The van der Waals surface area contributed by atoms with Crippen molar-refractivity contribution < 1.29 is 0 Å². The fourth-order valence-electron chi connectivity index (χ4n) is 0.551. The van der Waals surface area contributed by atoms with E-state index in [0.29, 0.717) is 5.15 Å². The van der Waals surface area contributed by atoms with Gasteiger partial charge in [-0.2, -0.15) is 5.10 Å². The number of aryl methyl sites for hydroxylation is 1. The zero-order valence-electron chi connectivity index (χ0n) is 5.65. The van der Waals surface area contributed by atoms with E-state index in [9.17, 15) is 0 Å². The highest BCUT2D eigenvalue weighted by molar-refractivity contribution is 9.10. The fraction of sp³-hybridized carbons (Fsp3) is 0.333. The standard InChI is InChI=1S/C6H6BrClN2/c1-3-4(2)9-10-6(8)5(3)7/h1-2H3. The van der Waals surface area contributed by atoms with Gasteiger partial charge in [0, 0.05) is 0 Å². The number of rotatable bonds is 0. The number of hydrogen-bond acceptors (Lipinski definition) is 2. The van der Waals surface area contributed by atoms with Gasteiger partial charge in [-0.25, -0.2) is 0 Å². The molecule has 0 saturated carbocycles. The molecule has 1 aromatic rings. The van der Waals surface area contributed by atoms with Crippen molar-refractivity contribution in [3.63, 3.8) is 0 Å². The monoisotopic (exact) mass is 220 g/mol. The van der Waals surface area contributed by atoms with Crippen molar-refractivity contribution in [1.82, 2.24) is 10.2 Å². The van der Waals surface area contributed by atoms with Gasteiger partial charge >= 0.3 is 0 Å². The first-order valence-electron chi connectivity index (χ1n) is 2.78. The Morgan fingerprint density at radius 1 is 1.30 bits per heavy atom. The van der Waals surface area contributed by atoms with E-state index < -0.39 is 0 Å². The lowest BCUT2D eigenvalue weighted by atomic mass is 10.3. The van der Waals surface area contributed by atoms with Crippen LogP contribution < -0.4 is 0 Å². The molecule has 0 unspecified atom stereocenters. The zero-order valence-corrected chi connectivity index (χ0v) is 7.99. The van der Waals surface area contributed by atoms with E-state index in [1.54, 1.807) is 0 Å². The summed E-state index contributed by atoms with van der Waals surface area (Å²) in [4.78, 5) is 0. The third-order valence-corrected chi connectivity index (χ3v) is 2.80. The molecular weight excluding hydrogens is 215 g/mol. The van der Waals surface area contributed by atoms with Crippen molar-refractivity contribution in [3.05, 3.63) is 20.9 Å². The number of hydrogen-bond donors (Lipinski definition) is 0. The minimum absolute atomic E-state index is 0.420. The van der Waals surface area contributed by atoms with E-state index >= 15 is 0 Å². The summed E-state index contributed by atoms with van der Waals surface area (Å²) in [6.07, 6.45) is 0. The van der Waals surface area contributed by atoms with Gasteiger partial charge in [-0.15, -0.1) is 5.10 Å². The number of aromatic nitrogens is 2. The molecule has 1 aromatic heterocycles. The van der Waals surface area contributed by atoms with Crippen LogP contribution in [0.1, 0.15) is 11.3 Å².